The van der Waals surface area contributed by atoms with Gasteiger partial charge in [0.2, 0.25) is 5.91 Å². The van der Waals surface area contributed by atoms with Gasteiger partial charge in [0.15, 0.2) is 5.82 Å². The molecule has 4 rings (SSSR count). The number of rotatable bonds is 5. The number of aryl methyl sites for hydroxylation is 1. The van der Waals surface area contributed by atoms with Crippen LogP contribution in [0.25, 0.3) is 10.9 Å². The van der Waals surface area contributed by atoms with E-state index in [4.69, 9.17) is 5.26 Å². The number of hydrogen-bond donors (Lipinski definition) is 3. The van der Waals surface area contributed by atoms with E-state index in [0.717, 1.165) is 49.7 Å². The van der Waals surface area contributed by atoms with Crippen molar-refractivity contribution in [3.8, 4) is 6.07 Å². The van der Waals surface area contributed by atoms with Crippen LogP contribution in [0.4, 0.5) is 10.6 Å². The van der Waals surface area contributed by atoms with Crippen LogP contribution in [0.2, 0.25) is 0 Å². The lowest BCUT2D eigenvalue weighted by Gasteiger charge is -2.46. The fraction of sp³-hybridized carbons (Fsp3) is 0.600. The molecular formula is C25H35N7O2. The van der Waals surface area contributed by atoms with Gasteiger partial charge in [-0.25, -0.2) is 4.79 Å². The molecule has 2 aromatic rings. The molecule has 2 aliphatic rings. The van der Waals surface area contributed by atoms with Crippen molar-refractivity contribution in [3.63, 3.8) is 0 Å². The molecular weight excluding hydrogens is 430 g/mol. The van der Waals surface area contributed by atoms with Gasteiger partial charge in [0.05, 0.1) is 24.2 Å². The number of nitrogens with one attached hydrogen (secondary N) is 3. The summed E-state index contributed by atoms with van der Waals surface area (Å²) in [5.41, 5.74) is 1.35. The van der Waals surface area contributed by atoms with Crippen LogP contribution < -0.4 is 16.0 Å². The average molecular weight is 466 g/mol. The Hall–Kier alpha value is -3.12. The van der Waals surface area contributed by atoms with Gasteiger partial charge < -0.3 is 16.0 Å². The first-order valence-electron chi connectivity index (χ1n) is 12.1. The minimum Gasteiger partial charge on any atom is -0.359 e. The summed E-state index contributed by atoms with van der Waals surface area (Å²) in [6.07, 6.45) is 4.09. The summed E-state index contributed by atoms with van der Waals surface area (Å²) < 4.78 is 1.35. The smallest absolute Gasteiger partial charge is 0.343 e. The van der Waals surface area contributed by atoms with Crippen LogP contribution in [0.5, 0.6) is 0 Å². The normalized spacial score (nSPS) is 21.5. The third kappa shape index (κ3) is 5.50. The van der Waals surface area contributed by atoms with Gasteiger partial charge in [-0.1, -0.05) is 11.6 Å². The number of aromatic nitrogens is 2. The van der Waals surface area contributed by atoms with Gasteiger partial charge in [-0.3, -0.25) is 9.69 Å². The zero-order valence-corrected chi connectivity index (χ0v) is 20.5. The number of fused-ring (bicyclic) bond motifs is 1. The van der Waals surface area contributed by atoms with Crippen LogP contribution in [-0.4, -0.2) is 63.9 Å². The van der Waals surface area contributed by atoms with Gasteiger partial charge >= 0.3 is 6.03 Å². The van der Waals surface area contributed by atoms with Crippen molar-refractivity contribution in [1.29, 1.82) is 5.26 Å². The van der Waals surface area contributed by atoms with Crippen molar-refractivity contribution < 1.29 is 9.59 Å². The second-order valence-corrected chi connectivity index (χ2v) is 10.7. The SMILES string of the molecule is Cc1ccc2c(c1)c(NCC(=O)NC1CN(C3CCC(C#N)CC3)C1)nn2C(=O)NC(C)(C)C. The quantitative estimate of drug-likeness (QED) is 0.625. The Kier molecular flexibility index (Phi) is 6.80. The van der Waals surface area contributed by atoms with Gasteiger partial charge in [0, 0.05) is 36.0 Å². The lowest BCUT2D eigenvalue weighted by atomic mass is 9.85. The number of amides is 2. The molecule has 182 valence electrons. The molecule has 2 fully saturated rings. The maximum Gasteiger partial charge on any atom is 0.343 e. The maximum absolute atomic E-state index is 12.8. The first-order valence-corrected chi connectivity index (χ1v) is 12.1. The standard InChI is InChI=1S/C25H35N7O2/c1-16-5-10-21-20(11-16)23(30-32(21)24(34)29-25(2,3)4)27-13-22(33)28-18-14-31(15-18)19-8-6-17(12-26)7-9-19/h5,10-11,17-19H,6-9,13-15H2,1-4H3,(H,27,30)(H,28,33)(H,29,34). The van der Waals surface area contributed by atoms with E-state index >= 15 is 0 Å². The summed E-state index contributed by atoms with van der Waals surface area (Å²) in [5.74, 6) is 0.636. The van der Waals surface area contributed by atoms with Gasteiger partial charge in [-0.05, 0) is 65.5 Å². The molecule has 2 amide bonds. The molecule has 0 bridgehead atoms. The molecule has 9 heteroatoms. The topological polar surface area (TPSA) is 115 Å². The van der Waals surface area contributed by atoms with E-state index in [9.17, 15) is 9.59 Å². The Labute approximate surface area is 200 Å². The molecule has 1 saturated heterocycles. The Balaban J connectivity index is 1.32. The van der Waals surface area contributed by atoms with E-state index in [-0.39, 0.29) is 36.0 Å². The third-order valence-corrected chi connectivity index (χ3v) is 6.60. The Morgan fingerprint density at radius 3 is 2.53 bits per heavy atom. The Bertz CT molecular complexity index is 1100. The summed E-state index contributed by atoms with van der Waals surface area (Å²) in [6, 6.07) is 8.54. The fourth-order valence-electron chi connectivity index (χ4n) is 4.81. The average Bonchev–Trinajstić information content (AvgIpc) is 3.11. The van der Waals surface area contributed by atoms with Crippen LogP contribution in [0.15, 0.2) is 18.2 Å². The first-order chi connectivity index (χ1) is 16.1. The molecule has 1 aliphatic carbocycles. The second-order valence-electron chi connectivity index (χ2n) is 10.7. The van der Waals surface area contributed by atoms with Crippen LogP contribution >= 0.6 is 0 Å². The molecule has 1 saturated carbocycles. The van der Waals surface area contributed by atoms with E-state index in [0.29, 0.717) is 17.4 Å². The number of anilines is 1. The van der Waals surface area contributed by atoms with E-state index in [1.165, 1.54) is 4.68 Å². The lowest BCUT2D eigenvalue weighted by Crippen LogP contribution is -2.63. The number of carbonyl (C=O) groups is 2. The minimum atomic E-state index is -0.390. The molecule has 0 spiro atoms. The second kappa shape index (κ2) is 9.63. The minimum absolute atomic E-state index is 0.0880. The van der Waals surface area contributed by atoms with Crippen LogP contribution in [-0.2, 0) is 4.79 Å². The molecule has 1 aromatic heterocycles. The summed E-state index contributed by atoms with van der Waals surface area (Å²) >= 11 is 0. The van der Waals surface area contributed by atoms with E-state index in [1.54, 1.807) is 0 Å². The van der Waals surface area contributed by atoms with Crippen LogP contribution in [0.1, 0.15) is 52.0 Å². The monoisotopic (exact) mass is 465 g/mol. The summed E-state index contributed by atoms with van der Waals surface area (Å²) in [4.78, 5) is 27.7. The largest absolute Gasteiger partial charge is 0.359 e. The highest BCUT2D eigenvalue weighted by atomic mass is 16.2. The molecule has 0 unspecified atom stereocenters. The fourth-order valence-corrected chi connectivity index (χ4v) is 4.81. The predicted octanol–water partition coefficient (Wildman–Crippen LogP) is 3.00. The highest BCUT2D eigenvalue weighted by molar-refractivity contribution is 5.98. The first kappa shape index (κ1) is 24.0. The molecule has 9 nitrogen and oxygen atoms in total. The molecule has 3 N–H and O–H groups in total. The van der Waals surface area contributed by atoms with Crippen LogP contribution in [0.3, 0.4) is 0 Å². The highest BCUT2D eigenvalue weighted by Gasteiger charge is 2.35. The Morgan fingerprint density at radius 1 is 1.18 bits per heavy atom. The van der Waals surface area contributed by atoms with E-state index < -0.39 is 0 Å². The highest BCUT2D eigenvalue weighted by Crippen LogP contribution is 2.29. The molecule has 1 aliphatic heterocycles. The van der Waals surface area contributed by atoms with Crippen molar-refractivity contribution in [3.05, 3.63) is 23.8 Å². The Morgan fingerprint density at radius 2 is 1.88 bits per heavy atom. The van der Waals surface area contributed by atoms with Gasteiger partial charge in [-0.15, -0.1) is 5.10 Å². The van der Waals surface area contributed by atoms with E-state index in [1.807, 2.05) is 45.9 Å². The van der Waals surface area contributed by atoms with Gasteiger partial charge in [-0.2, -0.15) is 9.94 Å². The van der Waals surface area contributed by atoms with Crippen molar-refractivity contribution in [2.24, 2.45) is 5.92 Å². The summed E-state index contributed by atoms with van der Waals surface area (Å²) in [7, 11) is 0. The van der Waals surface area contributed by atoms with Crippen molar-refractivity contribution >= 4 is 28.7 Å². The molecule has 2 heterocycles. The van der Waals surface area contributed by atoms with Crippen molar-refractivity contribution in [2.45, 2.75) is 71.0 Å². The maximum atomic E-state index is 12.8. The number of nitriles is 1. The number of likely N-dealkylation sites (tertiary alicyclic amines) is 1. The predicted molar refractivity (Wildman–Crippen MR) is 132 cm³/mol. The van der Waals surface area contributed by atoms with Gasteiger partial charge in [0.25, 0.3) is 0 Å². The van der Waals surface area contributed by atoms with Gasteiger partial charge in [0.1, 0.15) is 0 Å². The third-order valence-electron chi connectivity index (χ3n) is 6.60. The van der Waals surface area contributed by atoms with Crippen LogP contribution in [0, 0.1) is 24.2 Å². The van der Waals surface area contributed by atoms with E-state index in [2.05, 4.69) is 32.0 Å². The number of benzene rings is 1. The zero-order valence-electron chi connectivity index (χ0n) is 20.5. The summed E-state index contributed by atoms with van der Waals surface area (Å²) in [5, 5.41) is 23.5. The summed E-state index contributed by atoms with van der Waals surface area (Å²) in [6.45, 7) is 9.55. The number of hydrogen-bond acceptors (Lipinski definition) is 6. The number of carbonyl (C=O) groups excluding carboxylic acids is 2. The number of nitrogens with zero attached hydrogens (tertiary/aromatic N) is 4. The zero-order chi connectivity index (χ0) is 24.5. The molecule has 0 radical (unpaired) electrons. The van der Waals surface area contributed by atoms with Crippen molar-refractivity contribution in [1.82, 2.24) is 25.3 Å². The molecule has 1 aromatic carbocycles. The van der Waals surface area contributed by atoms with Crippen molar-refractivity contribution in [2.75, 3.05) is 25.0 Å². The molecule has 0 atom stereocenters. The molecule has 34 heavy (non-hydrogen) atoms. The lowest BCUT2D eigenvalue weighted by molar-refractivity contribution is -0.121.